The zero-order valence-electron chi connectivity index (χ0n) is 23.6. The van der Waals surface area contributed by atoms with Gasteiger partial charge in [0.2, 0.25) is 0 Å². The highest BCUT2D eigenvalue weighted by molar-refractivity contribution is 9.10. The summed E-state index contributed by atoms with van der Waals surface area (Å²) in [6.45, 7) is 6.94. The molecule has 3 unspecified atom stereocenters. The monoisotopic (exact) mass is 632 g/mol. The molecule has 3 aliphatic heterocycles. The van der Waals surface area contributed by atoms with Gasteiger partial charge in [-0.25, -0.2) is 14.2 Å². The van der Waals surface area contributed by atoms with Crippen LogP contribution in [0.15, 0.2) is 10.5 Å². The normalized spacial score (nSPS) is 23.8. The van der Waals surface area contributed by atoms with Crippen molar-refractivity contribution in [3.8, 4) is 11.9 Å². The number of ether oxygens (including phenoxy) is 2. The number of pyridine rings is 1. The first-order valence-electron chi connectivity index (χ1n) is 13.8. The van der Waals surface area contributed by atoms with Crippen molar-refractivity contribution >= 4 is 44.3 Å². The van der Waals surface area contributed by atoms with Crippen LogP contribution in [0.25, 0.3) is 10.9 Å². The molecule has 0 radical (unpaired) electrons. The van der Waals surface area contributed by atoms with Gasteiger partial charge in [0.15, 0.2) is 5.82 Å². The molecule has 220 valence electrons. The Bertz CT molecular complexity index is 1430. The third-order valence-electron chi connectivity index (χ3n) is 8.19. The number of hydrogen-bond donors (Lipinski definition) is 1. The van der Waals surface area contributed by atoms with Gasteiger partial charge in [-0.1, -0.05) is 0 Å². The zero-order chi connectivity index (χ0) is 29.6. The number of carbonyl (C=O) groups excluding carboxylic acids is 1. The van der Waals surface area contributed by atoms with Crippen molar-refractivity contribution in [1.29, 1.82) is 5.26 Å². The Morgan fingerprint density at radius 3 is 2.80 bits per heavy atom. The summed E-state index contributed by atoms with van der Waals surface area (Å²) in [6.07, 6.45) is 2.59. The average Bonchev–Trinajstić information content (AvgIpc) is 3.61. The van der Waals surface area contributed by atoms with Crippen molar-refractivity contribution in [2.75, 3.05) is 32.1 Å². The van der Waals surface area contributed by atoms with Crippen molar-refractivity contribution in [1.82, 2.24) is 14.8 Å². The molecular weight excluding hydrogens is 599 g/mol. The number of hydrogen-bond acceptors (Lipinski definition) is 9. The standard InChI is InChI=1S/C28H34BrFN6O5/c1-28(2,3)41-27(37)35-13-16-12-19(35)22(16)32-24-18-11-15(7-5-9-31)20(29)21(30)23(18)33-26(25(24)36(38)39)40-14-17-8-6-10-34(17)4/h11,16-17,19,22H,5-8,10,12-14H2,1-4H3,(H,32,33)/t16?,17-,19?,22?/m0/s1. The lowest BCUT2D eigenvalue weighted by molar-refractivity contribution is -0.385. The SMILES string of the molecule is CN1CCC[C@H]1COc1nc2c(F)c(Br)c(CCC#N)cc2c(NC2C3CC2N(C(=O)OC(C)(C)C)C3)c1[N+](=O)[O-]. The number of nitriles is 1. The van der Waals surface area contributed by atoms with E-state index in [1.54, 1.807) is 31.7 Å². The fraction of sp³-hybridized carbons (Fsp3) is 0.607. The fourth-order valence-corrected chi connectivity index (χ4v) is 6.54. The Hall–Kier alpha value is -3.24. The number of rotatable bonds is 8. The molecule has 6 rings (SSSR count). The number of nitrogens with zero attached hydrogens (tertiary/aromatic N) is 5. The van der Waals surface area contributed by atoms with Gasteiger partial charge in [0.05, 0.1) is 27.5 Å². The summed E-state index contributed by atoms with van der Waals surface area (Å²) >= 11 is 3.30. The predicted molar refractivity (Wildman–Crippen MR) is 153 cm³/mol. The quantitative estimate of drug-likeness (QED) is 0.300. The molecule has 4 aliphatic rings. The van der Waals surface area contributed by atoms with E-state index in [0.29, 0.717) is 12.1 Å². The van der Waals surface area contributed by atoms with Gasteiger partial charge in [-0.15, -0.1) is 0 Å². The highest BCUT2D eigenvalue weighted by atomic mass is 79.9. The van der Waals surface area contributed by atoms with Gasteiger partial charge in [0.25, 0.3) is 5.88 Å². The van der Waals surface area contributed by atoms with Gasteiger partial charge in [-0.3, -0.25) is 10.1 Å². The molecule has 1 N–H and O–H groups in total. The fourth-order valence-electron chi connectivity index (χ4n) is 6.04. The lowest BCUT2D eigenvalue weighted by Crippen LogP contribution is -2.50. The second kappa shape index (κ2) is 11.2. The summed E-state index contributed by atoms with van der Waals surface area (Å²) < 4.78 is 27.5. The van der Waals surface area contributed by atoms with E-state index in [9.17, 15) is 14.9 Å². The molecule has 2 aromatic rings. The number of fused-ring (bicyclic) bond motifs is 2. The molecule has 0 spiro atoms. The Kier molecular flexibility index (Phi) is 8.00. The van der Waals surface area contributed by atoms with Gasteiger partial charge in [0, 0.05) is 30.3 Å². The van der Waals surface area contributed by atoms with Crippen LogP contribution in [0.4, 0.5) is 20.6 Å². The van der Waals surface area contributed by atoms with Crippen LogP contribution in [0.1, 0.15) is 52.0 Å². The summed E-state index contributed by atoms with van der Waals surface area (Å²) in [4.78, 5) is 33.0. The number of aromatic nitrogens is 1. The maximum Gasteiger partial charge on any atom is 0.410 e. The van der Waals surface area contributed by atoms with Crippen molar-refractivity contribution < 1.29 is 23.6 Å². The summed E-state index contributed by atoms with van der Waals surface area (Å²) in [5, 5.41) is 25.2. The van der Waals surface area contributed by atoms with Crippen molar-refractivity contribution in [2.45, 2.75) is 76.6 Å². The number of carbonyl (C=O) groups is 1. The lowest BCUT2D eigenvalue weighted by Gasteiger charge is -2.38. The molecule has 13 heteroatoms. The van der Waals surface area contributed by atoms with Gasteiger partial charge in [0.1, 0.15) is 23.4 Å². The van der Waals surface area contributed by atoms with Crippen molar-refractivity contribution in [3.63, 3.8) is 0 Å². The van der Waals surface area contributed by atoms with Crippen LogP contribution in [-0.2, 0) is 11.2 Å². The van der Waals surface area contributed by atoms with Crippen LogP contribution in [0.5, 0.6) is 5.88 Å². The van der Waals surface area contributed by atoms with Crippen LogP contribution < -0.4 is 10.1 Å². The molecule has 1 aliphatic carbocycles. The Morgan fingerprint density at radius 1 is 1.41 bits per heavy atom. The third kappa shape index (κ3) is 5.64. The van der Waals surface area contributed by atoms with E-state index < -0.39 is 22.4 Å². The molecule has 1 saturated carbocycles. The Labute approximate surface area is 246 Å². The van der Waals surface area contributed by atoms with E-state index in [4.69, 9.17) is 14.7 Å². The van der Waals surface area contributed by atoms with Gasteiger partial charge in [-0.05, 0) is 87.6 Å². The number of halogens is 2. The number of anilines is 1. The van der Waals surface area contributed by atoms with Crippen LogP contribution in [0.2, 0.25) is 0 Å². The van der Waals surface area contributed by atoms with Crippen molar-refractivity contribution in [2.24, 2.45) is 5.92 Å². The summed E-state index contributed by atoms with van der Waals surface area (Å²) in [6, 6.07) is 3.24. The summed E-state index contributed by atoms with van der Waals surface area (Å²) in [5.41, 5.74) is -0.497. The van der Waals surface area contributed by atoms with E-state index in [0.717, 1.165) is 25.8 Å². The van der Waals surface area contributed by atoms with E-state index in [-0.39, 0.29) is 76.1 Å². The zero-order valence-corrected chi connectivity index (χ0v) is 25.2. The number of amides is 1. The van der Waals surface area contributed by atoms with Gasteiger partial charge < -0.3 is 24.6 Å². The number of nitro groups is 1. The number of benzene rings is 1. The molecule has 4 heterocycles. The molecule has 11 nitrogen and oxygen atoms in total. The van der Waals surface area contributed by atoms with Gasteiger partial charge >= 0.3 is 11.8 Å². The van der Waals surface area contributed by atoms with E-state index in [2.05, 4.69) is 37.2 Å². The predicted octanol–water partition coefficient (Wildman–Crippen LogP) is 5.39. The highest BCUT2D eigenvalue weighted by Crippen LogP contribution is 2.48. The first-order chi connectivity index (χ1) is 19.4. The van der Waals surface area contributed by atoms with Crippen LogP contribution in [0.3, 0.4) is 0 Å². The third-order valence-corrected chi connectivity index (χ3v) is 9.05. The smallest absolute Gasteiger partial charge is 0.410 e. The molecule has 4 fully saturated rings. The highest BCUT2D eigenvalue weighted by Gasteiger charge is 2.55. The number of aryl methyl sites for hydroxylation is 1. The van der Waals surface area contributed by atoms with Crippen LogP contribution in [-0.4, -0.2) is 76.3 Å². The van der Waals surface area contributed by atoms with E-state index >= 15 is 4.39 Å². The molecule has 41 heavy (non-hydrogen) atoms. The number of likely N-dealkylation sites (tertiary alicyclic amines) is 1. The molecule has 4 atom stereocenters. The molecular formula is C28H34BrFN6O5. The number of likely N-dealkylation sites (N-methyl/N-ethyl adjacent to an activating group) is 1. The maximum atomic E-state index is 15.8. The minimum atomic E-state index is -0.678. The average molecular weight is 634 g/mol. The molecule has 3 saturated heterocycles. The second-order valence-corrected chi connectivity index (χ2v) is 12.9. The molecule has 1 aromatic carbocycles. The Balaban J connectivity index is 1.56. The molecule has 1 aromatic heterocycles. The van der Waals surface area contributed by atoms with Crippen molar-refractivity contribution in [3.05, 3.63) is 32.0 Å². The number of nitrogens with one attached hydrogen (secondary N) is 1. The second-order valence-electron chi connectivity index (χ2n) is 12.1. The Morgan fingerprint density at radius 2 is 2.17 bits per heavy atom. The van der Waals surface area contributed by atoms with Crippen LogP contribution in [0, 0.1) is 33.2 Å². The largest absolute Gasteiger partial charge is 0.471 e. The lowest BCUT2D eigenvalue weighted by atomic mass is 9.79. The topological polar surface area (TPSA) is 134 Å². The molecule has 2 bridgehead atoms. The first-order valence-corrected chi connectivity index (χ1v) is 14.6. The van der Waals surface area contributed by atoms with E-state index in [1.807, 2.05) is 7.05 Å². The molecule has 1 amide bonds. The minimum Gasteiger partial charge on any atom is -0.471 e. The first kappa shape index (κ1) is 29.3. The van der Waals surface area contributed by atoms with Gasteiger partial charge in [-0.2, -0.15) is 5.26 Å². The van der Waals surface area contributed by atoms with Crippen LogP contribution >= 0.6 is 15.9 Å². The summed E-state index contributed by atoms with van der Waals surface area (Å²) in [7, 11) is 1.97. The minimum absolute atomic E-state index is 0.0465. The summed E-state index contributed by atoms with van der Waals surface area (Å²) in [5.74, 6) is -0.884. The van der Waals surface area contributed by atoms with E-state index in [1.165, 1.54) is 0 Å². The maximum absolute atomic E-state index is 15.8.